The van der Waals surface area contributed by atoms with Crippen molar-refractivity contribution in [3.05, 3.63) is 0 Å². The van der Waals surface area contributed by atoms with Gasteiger partial charge >= 0.3 is 11.9 Å². The number of hydrogen-bond acceptors (Lipinski definition) is 8. The van der Waals surface area contributed by atoms with Crippen LogP contribution in [0.15, 0.2) is 0 Å². The SMILES string of the molecule is CCCCOC(COC(=O)CCCC(=O)OCC(OCCCC)OCCCC)OCCCC. The van der Waals surface area contributed by atoms with Gasteiger partial charge in [0.1, 0.15) is 13.2 Å². The highest BCUT2D eigenvalue weighted by Crippen LogP contribution is 2.06. The number of esters is 2. The minimum absolute atomic E-state index is 0.0581. The maximum atomic E-state index is 12.0. The third kappa shape index (κ3) is 21.1. The predicted molar refractivity (Wildman–Crippen MR) is 127 cm³/mol. The zero-order chi connectivity index (χ0) is 24.6. The predicted octanol–water partition coefficient (Wildman–Crippen LogP) is 5.16. The molecule has 0 saturated heterocycles. The van der Waals surface area contributed by atoms with Gasteiger partial charge in [-0.3, -0.25) is 9.59 Å². The third-order valence-corrected chi connectivity index (χ3v) is 4.73. The van der Waals surface area contributed by atoms with Gasteiger partial charge in [-0.1, -0.05) is 53.4 Å². The normalized spacial score (nSPS) is 11.3. The zero-order valence-electron chi connectivity index (χ0n) is 21.4. The standard InChI is InChI=1S/C25H48O8/c1-5-9-16-28-24(29-17-10-6-2)20-32-22(26)14-13-15-23(27)33-21-25(30-18-11-7-3)31-19-12-8-4/h24-25H,5-21H2,1-4H3. The summed E-state index contributed by atoms with van der Waals surface area (Å²) in [6.07, 6.45) is 7.33. The average molecular weight is 477 g/mol. The van der Waals surface area contributed by atoms with E-state index in [9.17, 15) is 9.59 Å². The maximum Gasteiger partial charge on any atom is 0.305 e. The molecule has 0 unspecified atom stereocenters. The van der Waals surface area contributed by atoms with Crippen molar-refractivity contribution in [3.63, 3.8) is 0 Å². The summed E-state index contributed by atoms with van der Waals surface area (Å²) < 4.78 is 33.1. The van der Waals surface area contributed by atoms with E-state index in [2.05, 4.69) is 27.7 Å². The number of ether oxygens (including phenoxy) is 6. The number of carbonyl (C=O) groups is 2. The average Bonchev–Trinajstić information content (AvgIpc) is 2.80. The van der Waals surface area contributed by atoms with Gasteiger partial charge in [0.05, 0.1) is 0 Å². The first kappa shape index (κ1) is 31.8. The minimum Gasteiger partial charge on any atom is -0.460 e. The first-order valence-electron chi connectivity index (χ1n) is 12.8. The van der Waals surface area contributed by atoms with Crippen LogP contribution >= 0.6 is 0 Å². The highest BCUT2D eigenvalue weighted by molar-refractivity contribution is 5.72. The fraction of sp³-hybridized carbons (Fsp3) is 0.920. The number of carbonyl (C=O) groups excluding carboxylic acids is 2. The first-order chi connectivity index (χ1) is 16.1. The van der Waals surface area contributed by atoms with Gasteiger partial charge in [0.2, 0.25) is 0 Å². The monoisotopic (exact) mass is 476 g/mol. The summed E-state index contributed by atoms with van der Waals surface area (Å²) in [5.41, 5.74) is 0. The molecule has 196 valence electrons. The molecule has 0 aliphatic rings. The molecule has 0 aromatic rings. The quantitative estimate of drug-likeness (QED) is 0.107. The lowest BCUT2D eigenvalue weighted by atomic mass is 10.2. The summed E-state index contributed by atoms with van der Waals surface area (Å²) >= 11 is 0. The lowest BCUT2D eigenvalue weighted by Crippen LogP contribution is -2.27. The van der Waals surface area contributed by atoms with Crippen molar-refractivity contribution in [1.82, 2.24) is 0 Å². The fourth-order valence-corrected chi connectivity index (χ4v) is 2.57. The molecule has 0 radical (unpaired) electrons. The molecule has 0 fully saturated rings. The van der Waals surface area contributed by atoms with E-state index in [0.29, 0.717) is 32.8 Å². The smallest absolute Gasteiger partial charge is 0.305 e. The molecule has 0 rings (SSSR count). The molecule has 0 atom stereocenters. The van der Waals surface area contributed by atoms with Crippen molar-refractivity contribution >= 4 is 11.9 Å². The second-order valence-corrected chi connectivity index (χ2v) is 7.98. The molecule has 0 spiro atoms. The second-order valence-electron chi connectivity index (χ2n) is 7.98. The van der Waals surface area contributed by atoms with Crippen LogP contribution in [0.5, 0.6) is 0 Å². The molecule has 8 heteroatoms. The highest BCUT2D eigenvalue weighted by Gasteiger charge is 2.15. The molecule has 0 heterocycles. The molecule has 33 heavy (non-hydrogen) atoms. The van der Waals surface area contributed by atoms with Crippen LogP contribution in [0.1, 0.15) is 98.3 Å². The zero-order valence-corrected chi connectivity index (χ0v) is 21.4. The molecular weight excluding hydrogens is 428 g/mol. The van der Waals surface area contributed by atoms with Gasteiger partial charge in [0.15, 0.2) is 12.6 Å². The number of unbranched alkanes of at least 4 members (excludes halogenated alkanes) is 4. The number of hydrogen-bond donors (Lipinski definition) is 0. The van der Waals surface area contributed by atoms with Crippen LogP contribution in [-0.2, 0) is 38.0 Å². The maximum absolute atomic E-state index is 12.0. The Kier molecular flexibility index (Phi) is 23.0. The third-order valence-electron chi connectivity index (χ3n) is 4.73. The van der Waals surface area contributed by atoms with Crippen molar-refractivity contribution in [2.45, 2.75) is 111 Å². The van der Waals surface area contributed by atoms with Crippen LogP contribution < -0.4 is 0 Å². The minimum atomic E-state index is -0.547. The number of rotatable bonds is 24. The molecule has 8 nitrogen and oxygen atoms in total. The Bertz CT molecular complexity index is 398. The fourth-order valence-electron chi connectivity index (χ4n) is 2.57. The molecule has 0 N–H and O–H groups in total. The molecule has 0 aromatic carbocycles. The van der Waals surface area contributed by atoms with Crippen LogP contribution in [0, 0.1) is 0 Å². The summed E-state index contributed by atoms with van der Waals surface area (Å²) in [7, 11) is 0. The van der Waals surface area contributed by atoms with Crippen LogP contribution in [0.3, 0.4) is 0 Å². The summed E-state index contributed by atoms with van der Waals surface area (Å²) in [4.78, 5) is 24.0. The Hall–Kier alpha value is -1.22. The van der Waals surface area contributed by atoms with Crippen molar-refractivity contribution in [1.29, 1.82) is 0 Å². The van der Waals surface area contributed by atoms with Gasteiger partial charge in [-0.15, -0.1) is 0 Å². The van der Waals surface area contributed by atoms with Gasteiger partial charge in [-0.2, -0.15) is 0 Å². The largest absolute Gasteiger partial charge is 0.460 e. The van der Waals surface area contributed by atoms with Crippen molar-refractivity contribution in [3.8, 4) is 0 Å². The van der Waals surface area contributed by atoms with Crippen molar-refractivity contribution < 1.29 is 38.0 Å². The van der Waals surface area contributed by atoms with Crippen molar-refractivity contribution in [2.24, 2.45) is 0 Å². The molecule has 0 amide bonds. The highest BCUT2D eigenvalue weighted by atomic mass is 16.7. The van der Waals surface area contributed by atoms with E-state index in [1.54, 1.807) is 0 Å². The van der Waals surface area contributed by atoms with Gasteiger partial charge in [-0.25, -0.2) is 0 Å². The molecule has 0 aliphatic carbocycles. The molecule has 0 aliphatic heterocycles. The summed E-state index contributed by atoms with van der Waals surface area (Å²) in [5.74, 6) is -0.760. The first-order valence-corrected chi connectivity index (χ1v) is 12.8. The molecular formula is C25H48O8. The molecule has 0 aromatic heterocycles. The summed E-state index contributed by atoms with van der Waals surface area (Å²) in [5, 5.41) is 0. The van der Waals surface area contributed by atoms with Gasteiger partial charge in [0.25, 0.3) is 0 Å². The Morgan fingerprint density at radius 2 is 0.818 bits per heavy atom. The van der Waals surface area contributed by atoms with E-state index in [4.69, 9.17) is 28.4 Å². The Labute approximate surface area is 201 Å². The van der Waals surface area contributed by atoms with Crippen LogP contribution in [-0.4, -0.2) is 64.2 Å². The molecule has 0 bridgehead atoms. The van der Waals surface area contributed by atoms with E-state index in [1.165, 1.54) is 0 Å². The van der Waals surface area contributed by atoms with E-state index in [1.807, 2.05) is 0 Å². The van der Waals surface area contributed by atoms with Crippen LogP contribution in [0.4, 0.5) is 0 Å². The lowest BCUT2D eigenvalue weighted by Gasteiger charge is -2.19. The Morgan fingerprint density at radius 1 is 0.515 bits per heavy atom. The van der Waals surface area contributed by atoms with Crippen LogP contribution in [0.2, 0.25) is 0 Å². The Balaban J connectivity index is 4.12. The van der Waals surface area contributed by atoms with E-state index >= 15 is 0 Å². The van der Waals surface area contributed by atoms with E-state index < -0.39 is 12.6 Å². The van der Waals surface area contributed by atoms with Crippen LogP contribution in [0.25, 0.3) is 0 Å². The second kappa shape index (κ2) is 23.9. The van der Waals surface area contributed by atoms with E-state index in [-0.39, 0.29) is 38.0 Å². The topological polar surface area (TPSA) is 89.5 Å². The van der Waals surface area contributed by atoms with Crippen molar-refractivity contribution in [2.75, 3.05) is 39.6 Å². The Morgan fingerprint density at radius 3 is 1.09 bits per heavy atom. The summed E-state index contributed by atoms with van der Waals surface area (Å²) in [6.45, 7) is 10.7. The van der Waals surface area contributed by atoms with Gasteiger partial charge in [0, 0.05) is 39.3 Å². The summed E-state index contributed by atoms with van der Waals surface area (Å²) in [6, 6.07) is 0. The van der Waals surface area contributed by atoms with Gasteiger partial charge in [-0.05, 0) is 32.1 Å². The molecule has 0 saturated carbocycles. The van der Waals surface area contributed by atoms with Gasteiger partial charge < -0.3 is 28.4 Å². The lowest BCUT2D eigenvalue weighted by molar-refractivity contribution is -0.184. The van der Waals surface area contributed by atoms with E-state index in [0.717, 1.165) is 51.4 Å².